The topological polar surface area (TPSA) is 86.3 Å². The molecule has 0 aromatic heterocycles. The molecular formula is C27H31NO6. The molecule has 7 nitrogen and oxygen atoms in total. The van der Waals surface area contributed by atoms with Crippen molar-refractivity contribution >= 4 is 11.7 Å². The summed E-state index contributed by atoms with van der Waals surface area (Å²) in [6, 6.07) is 9.74. The van der Waals surface area contributed by atoms with Crippen molar-refractivity contribution in [1.29, 1.82) is 0 Å². The third-order valence-corrected chi connectivity index (χ3v) is 6.56. The smallest absolute Gasteiger partial charge is 0.329 e. The van der Waals surface area contributed by atoms with Crippen molar-refractivity contribution in [3.8, 4) is 34.5 Å². The van der Waals surface area contributed by atoms with Crippen molar-refractivity contribution in [2.45, 2.75) is 31.7 Å². The normalized spacial score (nSPS) is 19.1. The van der Waals surface area contributed by atoms with Crippen LogP contribution >= 0.6 is 0 Å². The second-order valence-electron chi connectivity index (χ2n) is 8.72. The summed E-state index contributed by atoms with van der Waals surface area (Å²) in [6.07, 6.45) is 1.71. The van der Waals surface area contributed by atoms with Crippen molar-refractivity contribution in [2.24, 2.45) is 5.92 Å². The maximum Gasteiger partial charge on any atom is 0.329 e. The number of carboxylic acids is 1. The molecule has 2 heterocycles. The molecule has 2 N–H and O–H groups in total. The fourth-order valence-corrected chi connectivity index (χ4v) is 4.44. The molecule has 1 atom stereocenters. The fraction of sp³-hybridized carbons (Fsp3) is 0.444. The predicted octanol–water partition coefficient (Wildman–Crippen LogP) is 4.11. The average Bonchev–Trinajstić information content (AvgIpc) is 3.37. The Morgan fingerprint density at radius 2 is 1.79 bits per heavy atom. The van der Waals surface area contributed by atoms with E-state index < -0.39 is 11.5 Å². The van der Waals surface area contributed by atoms with E-state index in [1.54, 1.807) is 14.2 Å². The van der Waals surface area contributed by atoms with Crippen LogP contribution in [-0.4, -0.2) is 57.3 Å². The number of ether oxygens (including phenoxy) is 4. The third kappa shape index (κ3) is 4.98. The van der Waals surface area contributed by atoms with Crippen LogP contribution in [0.4, 0.5) is 5.69 Å². The van der Waals surface area contributed by atoms with E-state index in [9.17, 15) is 9.90 Å². The summed E-state index contributed by atoms with van der Waals surface area (Å²) < 4.78 is 22.0. The van der Waals surface area contributed by atoms with Crippen LogP contribution in [0.15, 0.2) is 30.3 Å². The number of carbonyl (C=O) groups is 1. The Bertz CT molecular complexity index is 1080. The molecule has 4 rings (SSSR count). The van der Waals surface area contributed by atoms with Crippen LogP contribution in [0.1, 0.15) is 30.4 Å². The lowest BCUT2D eigenvalue weighted by molar-refractivity contribution is -0.145. The maximum atomic E-state index is 12.1. The number of hydrogen-bond acceptors (Lipinski definition) is 6. The standard InChI is InChI=1S/C27H31NO6/c1-18-24(31-2)15-21(16-25(18)32-3)23-7-6-22(14-20(23)5-4-19-8-11-34-17-19)28-27(26(29)30)9-12-33-13-10-27/h6-7,14-16,19,28H,8-13,17H2,1-3H3,(H,29,30). The summed E-state index contributed by atoms with van der Waals surface area (Å²) in [5, 5.41) is 13.2. The number of hydrogen-bond donors (Lipinski definition) is 2. The van der Waals surface area contributed by atoms with Crippen molar-refractivity contribution in [3.63, 3.8) is 0 Å². The minimum absolute atomic E-state index is 0.187. The molecule has 180 valence electrons. The Kier molecular flexibility index (Phi) is 7.30. The molecule has 2 aromatic rings. The van der Waals surface area contributed by atoms with Crippen LogP contribution < -0.4 is 14.8 Å². The molecule has 0 radical (unpaired) electrons. The summed E-state index contributed by atoms with van der Waals surface area (Å²) >= 11 is 0. The highest BCUT2D eigenvalue weighted by Gasteiger charge is 2.40. The van der Waals surface area contributed by atoms with Crippen LogP contribution in [0.3, 0.4) is 0 Å². The van der Waals surface area contributed by atoms with E-state index in [1.807, 2.05) is 37.3 Å². The highest BCUT2D eigenvalue weighted by atomic mass is 16.5. The van der Waals surface area contributed by atoms with Gasteiger partial charge in [-0.2, -0.15) is 0 Å². The summed E-state index contributed by atoms with van der Waals surface area (Å²) in [5.74, 6) is 7.45. The SMILES string of the molecule is COc1cc(-c2ccc(NC3(C(=O)O)CCOCC3)cc2C#CC2CCOC2)cc(OC)c1C. The van der Waals surface area contributed by atoms with Crippen LogP contribution in [-0.2, 0) is 14.3 Å². The predicted molar refractivity (Wildman–Crippen MR) is 130 cm³/mol. The first kappa shape index (κ1) is 23.9. The first-order chi connectivity index (χ1) is 16.5. The number of carboxylic acid groups (broad SMARTS) is 1. The first-order valence-electron chi connectivity index (χ1n) is 11.5. The van der Waals surface area contributed by atoms with Crippen molar-refractivity contribution < 1.29 is 28.8 Å². The van der Waals surface area contributed by atoms with Crippen LogP contribution in [0.2, 0.25) is 0 Å². The van der Waals surface area contributed by atoms with E-state index in [1.165, 1.54) is 0 Å². The number of benzene rings is 2. The molecule has 0 spiro atoms. The van der Waals surface area contributed by atoms with Crippen LogP contribution in [0, 0.1) is 24.7 Å². The summed E-state index contributed by atoms with van der Waals surface area (Å²) in [4.78, 5) is 12.1. The summed E-state index contributed by atoms with van der Waals surface area (Å²) in [6.45, 7) is 4.13. The highest BCUT2D eigenvalue weighted by Crippen LogP contribution is 2.37. The molecule has 0 aliphatic carbocycles. The molecule has 34 heavy (non-hydrogen) atoms. The molecule has 0 saturated carbocycles. The van der Waals surface area contributed by atoms with E-state index in [-0.39, 0.29) is 5.92 Å². The number of rotatable bonds is 6. The molecule has 7 heteroatoms. The minimum atomic E-state index is -1.06. The van der Waals surface area contributed by atoms with Crippen molar-refractivity contribution in [1.82, 2.24) is 0 Å². The maximum absolute atomic E-state index is 12.1. The second-order valence-corrected chi connectivity index (χ2v) is 8.72. The first-order valence-corrected chi connectivity index (χ1v) is 11.5. The van der Waals surface area contributed by atoms with Gasteiger partial charge < -0.3 is 29.4 Å². The van der Waals surface area contributed by atoms with Crippen LogP contribution in [0.25, 0.3) is 11.1 Å². The highest BCUT2D eigenvalue weighted by molar-refractivity contribution is 5.84. The van der Waals surface area contributed by atoms with Crippen molar-refractivity contribution in [2.75, 3.05) is 46.0 Å². The second kappa shape index (κ2) is 10.4. The van der Waals surface area contributed by atoms with E-state index in [4.69, 9.17) is 18.9 Å². The zero-order valence-electron chi connectivity index (χ0n) is 19.9. The number of aliphatic carboxylic acids is 1. The Morgan fingerprint density at radius 1 is 1.09 bits per heavy atom. The Morgan fingerprint density at radius 3 is 2.38 bits per heavy atom. The average molecular weight is 466 g/mol. The quantitative estimate of drug-likeness (QED) is 0.621. The zero-order valence-corrected chi connectivity index (χ0v) is 19.9. The lowest BCUT2D eigenvalue weighted by Gasteiger charge is -2.35. The molecule has 1 unspecified atom stereocenters. The van der Waals surface area contributed by atoms with E-state index in [0.29, 0.717) is 38.3 Å². The lowest BCUT2D eigenvalue weighted by Crippen LogP contribution is -2.50. The van der Waals surface area contributed by atoms with Gasteiger partial charge in [-0.3, -0.25) is 0 Å². The molecule has 2 aliphatic heterocycles. The van der Waals surface area contributed by atoms with Gasteiger partial charge in [-0.15, -0.1) is 0 Å². The minimum Gasteiger partial charge on any atom is -0.496 e. The number of anilines is 1. The van der Waals surface area contributed by atoms with Gasteiger partial charge in [0.15, 0.2) is 0 Å². The molecule has 2 aliphatic rings. The zero-order chi connectivity index (χ0) is 24.1. The molecular weight excluding hydrogens is 434 g/mol. The van der Waals surface area contributed by atoms with Gasteiger partial charge in [0, 0.05) is 55.4 Å². The fourth-order valence-electron chi connectivity index (χ4n) is 4.44. The Labute approximate surface area is 200 Å². The molecule has 0 amide bonds. The van der Waals surface area contributed by atoms with Gasteiger partial charge in [0.25, 0.3) is 0 Å². The largest absolute Gasteiger partial charge is 0.496 e. The number of methoxy groups -OCH3 is 2. The monoisotopic (exact) mass is 465 g/mol. The molecule has 2 fully saturated rings. The lowest BCUT2D eigenvalue weighted by atomic mass is 9.89. The van der Waals surface area contributed by atoms with Gasteiger partial charge in [0.05, 0.1) is 20.8 Å². The Hall–Kier alpha value is -3.21. The molecule has 2 saturated heterocycles. The number of nitrogens with one attached hydrogen (secondary N) is 1. The molecule has 0 bridgehead atoms. The summed E-state index contributed by atoms with van der Waals surface area (Å²) in [7, 11) is 3.28. The van der Waals surface area contributed by atoms with Crippen LogP contribution in [0.5, 0.6) is 11.5 Å². The summed E-state index contributed by atoms with van der Waals surface area (Å²) in [5.41, 5.74) is 3.22. The van der Waals surface area contributed by atoms with Gasteiger partial charge in [-0.25, -0.2) is 4.79 Å². The van der Waals surface area contributed by atoms with Gasteiger partial charge in [-0.1, -0.05) is 17.9 Å². The third-order valence-electron chi connectivity index (χ3n) is 6.56. The van der Waals surface area contributed by atoms with Gasteiger partial charge >= 0.3 is 5.97 Å². The van der Waals surface area contributed by atoms with Gasteiger partial charge in [0.1, 0.15) is 17.0 Å². The van der Waals surface area contributed by atoms with Crippen molar-refractivity contribution in [3.05, 3.63) is 41.5 Å². The van der Waals surface area contributed by atoms with E-state index in [2.05, 4.69) is 17.2 Å². The molecule has 2 aromatic carbocycles. The van der Waals surface area contributed by atoms with E-state index in [0.717, 1.165) is 46.8 Å². The van der Waals surface area contributed by atoms with E-state index >= 15 is 0 Å². The Balaban J connectivity index is 1.77. The van der Waals surface area contributed by atoms with Gasteiger partial charge in [0.2, 0.25) is 0 Å². The van der Waals surface area contributed by atoms with Gasteiger partial charge in [-0.05, 0) is 48.7 Å².